The van der Waals surface area contributed by atoms with Crippen molar-refractivity contribution in [3.63, 3.8) is 0 Å². The highest BCUT2D eigenvalue weighted by Gasteiger charge is 2.17. The van der Waals surface area contributed by atoms with Crippen molar-refractivity contribution in [3.05, 3.63) is 18.5 Å². The van der Waals surface area contributed by atoms with Crippen LogP contribution in [0.5, 0.6) is 0 Å². The Balaban J connectivity index is 1.66. The number of nitrogens with zero attached hydrogens (tertiary/aromatic N) is 5. The van der Waals surface area contributed by atoms with E-state index >= 15 is 0 Å². The summed E-state index contributed by atoms with van der Waals surface area (Å²) in [5, 5.41) is 15.6. The molecule has 0 radical (unpaired) electrons. The summed E-state index contributed by atoms with van der Waals surface area (Å²) in [5.74, 6) is 0. The van der Waals surface area contributed by atoms with Crippen LogP contribution in [0.1, 0.15) is 0 Å². The van der Waals surface area contributed by atoms with E-state index in [9.17, 15) is 5.11 Å². The van der Waals surface area contributed by atoms with Crippen molar-refractivity contribution in [1.29, 1.82) is 0 Å². The lowest BCUT2D eigenvalue weighted by atomic mass is 10.2. The maximum Gasteiger partial charge on any atom is 0.159 e. The normalized spacial score (nSPS) is 17.8. The number of likely N-dealkylation sites (N-methyl/N-ethyl adjacent to an activating group) is 1. The molecule has 2 aromatic heterocycles. The minimum atomic E-state index is -0.400. The molecule has 1 aliphatic heterocycles. The Morgan fingerprint density at radius 2 is 2.18 bits per heavy atom. The van der Waals surface area contributed by atoms with Gasteiger partial charge in [-0.2, -0.15) is 5.10 Å². The second-order valence-electron chi connectivity index (χ2n) is 5.78. The third-order valence-corrected chi connectivity index (χ3v) is 4.08. The largest absolute Gasteiger partial charge is 0.390 e. The molecule has 1 fully saturated rings. The third kappa shape index (κ3) is 3.21. The monoisotopic (exact) mass is 305 g/mol. The zero-order valence-electron chi connectivity index (χ0n) is 13.1. The van der Waals surface area contributed by atoms with E-state index < -0.39 is 6.10 Å². The van der Waals surface area contributed by atoms with Gasteiger partial charge in [-0.3, -0.25) is 9.58 Å². The highest BCUT2D eigenvalue weighted by Crippen LogP contribution is 2.23. The maximum absolute atomic E-state index is 10.3. The molecule has 2 aromatic rings. The summed E-state index contributed by atoms with van der Waals surface area (Å²) in [6.07, 6.45) is 3.20. The fourth-order valence-electron chi connectivity index (χ4n) is 2.92. The maximum atomic E-state index is 10.3. The first-order chi connectivity index (χ1) is 10.6. The van der Waals surface area contributed by atoms with Gasteiger partial charge in [0.25, 0.3) is 0 Å². The number of anilines is 1. The summed E-state index contributed by atoms with van der Waals surface area (Å²) in [6.45, 7) is 4.54. The third-order valence-electron chi connectivity index (χ3n) is 4.08. The Kier molecular flexibility index (Phi) is 4.56. The van der Waals surface area contributed by atoms with E-state index in [0.717, 1.165) is 43.0 Å². The van der Waals surface area contributed by atoms with Crippen LogP contribution in [0, 0.1) is 0 Å². The lowest BCUT2D eigenvalue weighted by Gasteiger charge is -2.30. The lowest BCUT2D eigenvalue weighted by Crippen LogP contribution is -2.44. The van der Waals surface area contributed by atoms with Crippen LogP contribution in [0.25, 0.3) is 11.0 Å². The summed E-state index contributed by atoms with van der Waals surface area (Å²) in [4.78, 5) is 8.66. The number of fused-ring (bicyclic) bond motifs is 1. The molecular formula is C15H23N5O2. The van der Waals surface area contributed by atoms with Gasteiger partial charge in [-0.1, -0.05) is 0 Å². The van der Waals surface area contributed by atoms with Gasteiger partial charge in [0.15, 0.2) is 5.65 Å². The highest BCUT2D eigenvalue weighted by atomic mass is 16.5. The minimum absolute atomic E-state index is 0.400. The Morgan fingerprint density at radius 3 is 2.95 bits per heavy atom. The number of aliphatic hydroxyl groups is 1. The Hall–Kier alpha value is -1.70. The van der Waals surface area contributed by atoms with Crippen molar-refractivity contribution in [2.45, 2.75) is 6.10 Å². The number of aromatic nitrogens is 3. The number of rotatable bonds is 5. The Bertz CT molecular complexity index is 623. The van der Waals surface area contributed by atoms with Gasteiger partial charge >= 0.3 is 0 Å². The van der Waals surface area contributed by atoms with Crippen LogP contribution >= 0.6 is 0 Å². The predicted molar refractivity (Wildman–Crippen MR) is 85.0 cm³/mol. The summed E-state index contributed by atoms with van der Waals surface area (Å²) < 4.78 is 7.09. The molecule has 0 aromatic carbocycles. The van der Waals surface area contributed by atoms with E-state index in [4.69, 9.17) is 4.74 Å². The molecule has 1 saturated heterocycles. The van der Waals surface area contributed by atoms with Crippen molar-refractivity contribution in [2.24, 2.45) is 7.05 Å². The number of hydrogen-bond donors (Lipinski definition) is 1. The fourth-order valence-corrected chi connectivity index (χ4v) is 2.92. The van der Waals surface area contributed by atoms with E-state index in [0.29, 0.717) is 13.1 Å². The molecule has 22 heavy (non-hydrogen) atoms. The van der Waals surface area contributed by atoms with Crippen LogP contribution in [-0.4, -0.2) is 77.3 Å². The zero-order valence-corrected chi connectivity index (χ0v) is 13.1. The van der Waals surface area contributed by atoms with E-state index in [1.807, 2.05) is 26.4 Å². The molecule has 7 heteroatoms. The first kappa shape index (κ1) is 15.2. The molecule has 1 aliphatic rings. The molecule has 120 valence electrons. The first-order valence-electron chi connectivity index (χ1n) is 7.61. The van der Waals surface area contributed by atoms with Gasteiger partial charge in [0.05, 0.1) is 36.6 Å². The van der Waals surface area contributed by atoms with Crippen LogP contribution in [0.4, 0.5) is 5.69 Å². The molecule has 0 bridgehead atoms. The van der Waals surface area contributed by atoms with Gasteiger partial charge < -0.3 is 14.7 Å². The van der Waals surface area contributed by atoms with Crippen molar-refractivity contribution in [2.75, 3.05) is 51.3 Å². The molecule has 0 saturated carbocycles. The van der Waals surface area contributed by atoms with Crippen LogP contribution in [0.3, 0.4) is 0 Å². The predicted octanol–water partition coefficient (Wildman–Crippen LogP) is 0.0976. The van der Waals surface area contributed by atoms with Gasteiger partial charge in [0.2, 0.25) is 0 Å². The summed E-state index contributed by atoms with van der Waals surface area (Å²) in [5.41, 5.74) is 1.89. The average molecular weight is 305 g/mol. The number of aryl methyl sites for hydroxylation is 1. The highest BCUT2D eigenvalue weighted by molar-refractivity contribution is 5.88. The van der Waals surface area contributed by atoms with E-state index in [2.05, 4.69) is 19.9 Å². The molecule has 0 unspecified atom stereocenters. The molecule has 1 atom stereocenters. The van der Waals surface area contributed by atoms with Crippen molar-refractivity contribution >= 4 is 16.7 Å². The number of β-amino-alcohol motifs (C(OH)–C–C–N with tert-alkyl or cyclic N) is 1. The van der Waals surface area contributed by atoms with Gasteiger partial charge in [-0.05, 0) is 6.07 Å². The number of hydrogen-bond acceptors (Lipinski definition) is 6. The van der Waals surface area contributed by atoms with Gasteiger partial charge in [-0.15, -0.1) is 0 Å². The number of pyridine rings is 1. The quantitative estimate of drug-likeness (QED) is 0.845. The molecule has 0 spiro atoms. The smallest absolute Gasteiger partial charge is 0.159 e. The Morgan fingerprint density at radius 1 is 1.41 bits per heavy atom. The summed E-state index contributed by atoms with van der Waals surface area (Å²) in [6, 6.07) is 1.96. The second-order valence-corrected chi connectivity index (χ2v) is 5.78. The molecule has 3 heterocycles. The summed E-state index contributed by atoms with van der Waals surface area (Å²) in [7, 11) is 3.87. The zero-order chi connectivity index (χ0) is 15.5. The van der Waals surface area contributed by atoms with Crippen LogP contribution in [-0.2, 0) is 11.8 Å². The number of ether oxygens (including phenoxy) is 1. The van der Waals surface area contributed by atoms with Crippen molar-refractivity contribution < 1.29 is 9.84 Å². The molecule has 0 amide bonds. The first-order valence-corrected chi connectivity index (χ1v) is 7.61. The standard InChI is InChI=1S/C15H23N5O2/c1-18(10-12(21)11-20-5-7-22-8-6-20)14-3-4-16-15-13(14)9-17-19(15)2/h3-4,9,12,21H,5-8,10-11H2,1-2H3/t12-/m1/s1. The van der Waals surface area contributed by atoms with Crippen LogP contribution in [0.15, 0.2) is 18.5 Å². The SMILES string of the molecule is CN(C[C@@H](O)CN1CCOCC1)c1ccnc2c1cnn2C. The van der Waals surface area contributed by atoms with Gasteiger partial charge in [0.1, 0.15) is 0 Å². The average Bonchev–Trinajstić information content (AvgIpc) is 2.89. The van der Waals surface area contributed by atoms with E-state index in [-0.39, 0.29) is 0 Å². The molecule has 7 nitrogen and oxygen atoms in total. The molecule has 0 aliphatic carbocycles. The molecular weight excluding hydrogens is 282 g/mol. The topological polar surface area (TPSA) is 66.7 Å². The van der Waals surface area contributed by atoms with Crippen molar-refractivity contribution in [3.8, 4) is 0 Å². The van der Waals surface area contributed by atoms with E-state index in [1.54, 1.807) is 10.9 Å². The van der Waals surface area contributed by atoms with Gasteiger partial charge in [-0.25, -0.2) is 4.98 Å². The second kappa shape index (κ2) is 6.60. The van der Waals surface area contributed by atoms with E-state index in [1.165, 1.54) is 0 Å². The number of morpholine rings is 1. The molecule has 1 N–H and O–H groups in total. The number of aliphatic hydroxyl groups excluding tert-OH is 1. The summed E-state index contributed by atoms with van der Waals surface area (Å²) >= 11 is 0. The minimum Gasteiger partial charge on any atom is -0.390 e. The van der Waals surface area contributed by atoms with Gasteiger partial charge in [0, 0.05) is 46.5 Å². The van der Waals surface area contributed by atoms with Crippen molar-refractivity contribution in [1.82, 2.24) is 19.7 Å². The Labute approximate surface area is 130 Å². The fraction of sp³-hybridized carbons (Fsp3) is 0.600. The lowest BCUT2D eigenvalue weighted by molar-refractivity contribution is 0.0163. The molecule has 3 rings (SSSR count). The van der Waals surface area contributed by atoms with Crippen LogP contribution < -0.4 is 4.90 Å². The van der Waals surface area contributed by atoms with Crippen LogP contribution in [0.2, 0.25) is 0 Å².